The molecule has 0 amide bonds. The van der Waals surface area contributed by atoms with Gasteiger partial charge in [0.15, 0.2) is 0 Å². The highest BCUT2D eigenvalue weighted by Gasteiger charge is 2.25. The average Bonchev–Trinajstić information content (AvgIpc) is 2.66. The predicted molar refractivity (Wildman–Crippen MR) is 68.3 cm³/mol. The van der Waals surface area contributed by atoms with Crippen LogP contribution in [0.4, 0.5) is 0 Å². The summed E-state index contributed by atoms with van der Waals surface area (Å²) in [6.07, 6.45) is 4.18. The lowest BCUT2D eigenvalue weighted by atomic mass is 9.97. The van der Waals surface area contributed by atoms with Crippen LogP contribution in [0.25, 0.3) is 0 Å². The van der Waals surface area contributed by atoms with Crippen LogP contribution in [0.2, 0.25) is 0 Å². The highest BCUT2D eigenvalue weighted by Crippen LogP contribution is 2.39. The first-order valence-corrected chi connectivity index (χ1v) is 6.72. The number of carbonyl (C=O) groups excluding carboxylic acids is 2. The molecular weight excluding hydrogens is 244 g/mol. The summed E-state index contributed by atoms with van der Waals surface area (Å²) in [5.74, 6) is 0.774. The Kier molecular flexibility index (Phi) is 3.01. The second kappa shape index (κ2) is 4.68. The first kappa shape index (κ1) is 12.2. The number of ether oxygens (including phenoxy) is 2. The van der Waals surface area contributed by atoms with Gasteiger partial charge in [0.2, 0.25) is 0 Å². The SMILES string of the molecule is Cc1c2c(cc3c1OC(=O)CCC3)CCCC(=O)O2. The van der Waals surface area contributed by atoms with E-state index in [-0.39, 0.29) is 11.9 Å². The van der Waals surface area contributed by atoms with E-state index < -0.39 is 0 Å². The molecule has 0 spiro atoms. The Morgan fingerprint density at radius 3 is 1.79 bits per heavy atom. The van der Waals surface area contributed by atoms with Crippen molar-refractivity contribution in [2.45, 2.75) is 45.4 Å². The Labute approximate surface area is 111 Å². The Balaban J connectivity index is 2.13. The molecule has 2 aliphatic heterocycles. The van der Waals surface area contributed by atoms with E-state index in [1.165, 1.54) is 0 Å². The molecule has 0 N–H and O–H groups in total. The molecule has 0 bridgehead atoms. The summed E-state index contributed by atoms with van der Waals surface area (Å²) in [4.78, 5) is 23.1. The van der Waals surface area contributed by atoms with Crippen molar-refractivity contribution >= 4 is 11.9 Å². The van der Waals surface area contributed by atoms with Gasteiger partial charge in [-0.3, -0.25) is 9.59 Å². The van der Waals surface area contributed by atoms with Crippen LogP contribution in [0.5, 0.6) is 11.5 Å². The third kappa shape index (κ3) is 2.23. The molecule has 19 heavy (non-hydrogen) atoms. The van der Waals surface area contributed by atoms with Crippen molar-refractivity contribution in [2.24, 2.45) is 0 Å². The van der Waals surface area contributed by atoms with Gasteiger partial charge < -0.3 is 9.47 Å². The molecule has 2 aliphatic rings. The zero-order valence-corrected chi connectivity index (χ0v) is 11.0. The molecule has 0 aromatic heterocycles. The first-order chi connectivity index (χ1) is 9.15. The van der Waals surface area contributed by atoms with Crippen LogP contribution in [-0.4, -0.2) is 11.9 Å². The molecule has 1 aromatic carbocycles. The Bertz CT molecular complexity index is 514. The Hall–Kier alpha value is -1.84. The molecule has 3 rings (SSSR count). The van der Waals surface area contributed by atoms with E-state index >= 15 is 0 Å². The molecule has 4 nitrogen and oxygen atoms in total. The average molecular weight is 260 g/mol. The number of aryl methyl sites for hydroxylation is 2. The number of hydrogen-bond acceptors (Lipinski definition) is 4. The highest BCUT2D eigenvalue weighted by atomic mass is 16.5. The fraction of sp³-hybridized carbons (Fsp3) is 0.467. The van der Waals surface area contributed by atoms with Crippen LogP contribution < -0.4 is 9.47 Å². The first-order valence-electron chi connectivity index (χ1n) is 6.72. The third-order valence-electron chi connectivity index (χ3n) is 3.70. The van der Waals surface area contributed by atoms with Crippen molar-refractivity contribution in [3.05, 3.63) is 22.8 Å². The molecule has 1 aromatic rings. The molecule has 0 aliphatic carbocycles. The van der Waals surface area contributed by atoms with Crippen molar-refractivity contribution in [1.82, 2.24) is 0 Å². The monoisotopic (exact) mass is 260 g/mol. The van der Waals surface area contributed by atoms with Crippen LogP contribution in [-0.2, 0) is 22.4 Å². The van der Waals surface area contributed by atoms with Crippen molar-refractivity contribution in [1.29, 1.82) is 0 Å². The lowest BCUT2D eigenvalue weighted by Crippen LogP contribution is -2.10. The van der Waals surface area contributed by atoms with Gasteiger partial charge in [-0.2, -0.15) is 0 Å². The Morgan fingerprint density at radius 1 is 0.842 bits per heavy atom. The minimum Gasteiger partial charge on any atom is -0.426 e. The minimum atomic E-state index is -0.207. The van der Waals surface area contributed by atoms with Crippen LogP contribution in [0.3, 0.4) is 0 Å². The topological polar surface area (TPSA) is 52.6 Å². The maximum Gasteiger partial charge on any atom is 0.311 e. The van der Waals surface area contributed by atoms with E-state index in [2.05, 4.69) is 0 Å². The fourth-order valence-electron chi connectivity index (χ4n) is 2.76. The third-order valence-corrected chi connectivity index (χ3v) is 3.70. The van der Waals surface area contributed by atoms with Gasteiger partial charge in [0.1, 0.15) is 11.5 Å². The zero-order chi connectivity index (χ0) is 13.4. The van der Waals surface area contributed by atoms with Crippen LogP contribution in [0, 0.1) is 6.92 Å². The summed E-state index contributed by atoms with van der Waals surface area (Å²) in [5.41, 5.74) is 2.89. The van der Waals surface area contributed by atoms with Gasteiger partial charge in [0.25, 0.3) is 0 Å². The van der Waals surface area contributed by atoms with Gasteiger partial charge in [-0.25, -0.2) is 0 Å². The summed E-state index contributed by atoms with van der Waals surface area (Å²) < 4.78 is 10.8. The second-order valence-electron chi connectivity index (χ2n) is 5.13. The van der Waals surface area contributed by atoms with Crippen molar-refractivity contribution in [3.8, 4) is 11.5 Å². The quantitative estimate of drug-likeness (QED) is 0.531. The van der Waals surface area contributed by atoms with Crippen LogP contribution in [0.15, 0.2) is 6.07 Å². The number of fused-ring (bicyclic) bond motifs is 2. The zero-order valence-electron chi connectivity index (χ0n) is 11.0. The van der Waals surface area contributed by atoms with E-state index in [1.807, 2.05) is 13.0 Å². The summed E-state index contributed by atoms with van der Waals surface area (Å²) in [6, 6.07) is 2.04. The predicted octanol–water partition coefficient (Wildman–Crippen LogP) is 2.48. The Morgan fingerprint density at radius 2 is 1.32 bits per heavy atom. The summed E-state index contributed by atoms with van der Waals surface area (Å²) in [5, 5.41) is 0. The number of carbonyl (C=O) groups is 2. The standard InChI is InChI=1S/C15H16O4/c1-9-14-10(4-2-6-12(16)18-14)8-11-5-3-7-13(17)19-15(9)11/h8H,2-7H2,1H3. The van der Waals surface area contributed by atoms with Crippen LogP contribution in [0.1, 0.15) is 42.4 Å². The van der Waals surface area contributed by atoms with Gasteiger partial charge >= 0.3 is 11.9 Å². The van der Waals surface area contributed by atoms with Gasteiger partial charge in [0.05, 0.1) is 0 Å². The van der Waals surface area contributed by atoms with E-state index in [4.69, 9.17) is 9.47 Å². The van der Waals surface area contributed by atoms with Crippen LogP contribution >= 0.6 is 0 Å². The molecule has 0 atom stereocenters. The van der Waals surface area contributed by atoms with Gasteiger partial charge in [0, 0.05) is 18.4 Å². The number of esters is 2. The summed E-state index contributed by atoms with van der Waals surface area (Å²) >= 11 is 0. The van der Waals surface area contributed by atoms with E-state index in [0.717, 1.165) is 42.4 Å². The molecule has 0 saturated carbocycles. The lowest BCUT2D eigenvalue weighted by molar-refractivity contribution is -0.134. The second-order valence-corrected chi connectivity index (χ2v) is 5.13. The maximum atomic E-state index is 11.6. The van der Waals surface area contributed by atoms with E-state index in [0.29, 0.717) is 24.3 Å². The summed E-state index contributed by atoms with van der Waals surface area (Å²) in [7, 11) is 0. The molecule has 0 saturated heterocycles. The highest BCUT2D eigenvalue weighted by molar-refractivity contribution is 5.77. The van der Waals surface area contributed by atoms with Crippen molar-refractivity contribution in [3.63, 3.8) is 0 Å². The van der Waals surface area contributed by atoms with E-state index in [1.54, 1.807) is 0 Å². The maximum absolute atomic E-state index is 11.6. The molecular formula is C15H16O4. The normalized spacial score (nSPS) is 18.6. The molecule has 0 fully saturated rings. The number of benzene rings is 1. The van der Waals surface area contributed by atoms with E-state index in [9.17, 15) is 9.59 Å². The number of hydrogen-bond donors (Lipinski definition) is 0. The molecule has 100 valence electrons. The van der Waals surface area contributed by atoms with Gasteiger partial charge in [-0.1, -0.05) is 0 Å². The van der Waals surface area contributed by atoms with Gasteiger partial charge in [-0.15, -0.1) is 0 Å². The molecule has 0 unspecified atom stereocenters. The number of rotatable bonds is 0. The largest absolute Gasteiger partial charge is 0.426 e. The fourth-order valence-corrected chi connectivity index (χ4v) is 2.76. The van der Waals surface area contributed by atoms with Crippen molar-refractivity contribution in [2.75, 3.05) is 0 Å². The smallest absolute Gasteiger partial charge is 0.311 e. The van der Waals surface area contributed by atoms with Crippen molar-refractivity contribution < 1.29 is 19.1 Å². The molecule has 2 heterocycles. The summed E-state index contributed by atoms with van der Waals surface area (Å²) in [6.45, 7) is 1.86. The lowest BCUT2D eigenvalue weighted by Gasteiger charge is -2.15. The molecule has 4 heteroatoms. The minimum absolute atomic E-state index is 0.207. The molecule has 0 radical (unpaired) electrons. The van der Waals surface area contributed by atoms with Gasteiger partial charge in [-0.05, 0) is 49.8 Å².